The highest BCUT2D eigenvalue weighted by molar-refractivity contribution is 7.09. The largest absolute Gasteiger partial charge is 0.316 e. The van der Waals surface area contributed by atoms with E-state index >= 15 is 0 Å². The van der Waals surface area contributed by atoms with Crippen LogP contribution in [0.3, 0.4) is 0 Å². The van der Waals surface area contributed by atoms with E-state index in [-0.39, 0.29) is 0 Å². The minimum atomic E-state index is 0.548. The summed E-state index contributed by atoms with van der Waals surface area (Å²) in [6, 6.07) is 0. The van der Waals surface area contributed by atoms with Crippen LogP contribution < -0.4 is 5.32 Å². The molecule has 12 heavy (non-hydrogen) atoms. The molecule has 0 aliphatic carbocycles. The maximum atomic E-state index is 4.10. The Hall–Kier alpha value is -0.410. The molecule has 1 aliphatic rings. The summed E-state index contributed by atoms with van der Waals surface area (Å²) in [5.74, 6) is 0. The number of hydrogen-bond donors (Lipinski definition) is 1. The monoisotopic (exact) mass is 182 g/mol. The molecule has 0 bridgehead atoms. The SMILES string of the molecule is CCC1(Cc2cncs2)CNC1. The maximum absolute atomic E-state index is 4.10. The molecule has 1 N–H and O–H groups in total. The van der Waals surface area contributed by atoms with Crippen molar-refractivity contribution in [3.05, 3.63) is 16.6 Å². The van der Waals surface area contributed by atoms with Crippen LogP contribution in [0.2, 0.25) is 0 Å². The lowest BCUT2D eigenvalue weighted by Gasteiger charge is -2.41. The van der Waals surface area contributed by atoms with Gasteiger partial charge in [0, 0.05) is 24.2 Å². The quantitative estimate of drug-likeness (QED) is 0.769. The predicted molar refractivity (Wildman–Crippen MR) is 51.4 cm³/mol. The van der Waals surface area contributed by atoms with Crippen molar-refractivity contribution in [2.24, 2.45) is 5.41 Å². The Morgan fingerprint density at radius 1 is 1.67 bits per heavy atom. The molecule has 2 nitrogen and oxygen atoms in total. The predicted octanol–water partition coefficient (Wildman–Crippen LogP) is 1.69. The van der Waals surface area contributed by atoms with Crippen LogP contribution in [0.5, 0.6) is 0 Å². The summed E-state index contributed by atoms with van der Waals surface area (Å²) in [6.07, 6.45) is 4.49. The van der Waals surface area contributed by atoms with Crippen LogP contribution in [0.25, 0.3) is 0 Å². The minimum absolute atomic E-state index is 0.548. The minimum Gasteiger partial charge on any atom is -0.316 e. The lowest BCUT2D eigenvalue weighted by atomic mass is 9.76. The van der Waals surface area contributed by atoms with Crippen LogP contribution in [0.4, 0.5) is 0 Å². The van der Waals surface area contributed by atoms with Crippen LogP contribution in [-0.4, -0.2) is 18.1 Å². The average molecular weight is 182 g/mol. The molecule has 1 aromatic rings. The van der Waals surface area contributed by atoms with Gasteiger partial charge in [0.1, 0.15) is 0 Å². The molecule has 0 spiro atoms. The van der Waals surface area contributed by atoms with Gasteiger partial charge >= 0.3 is 0 Å². The maximum Gasteiger partial charge on any atom is 0.0794 e. The molecule has 0 unspecified atom stereocenters. The first-order valence-electron chi connectivity index (χ1n) is 4.43. The van der Waals surface area contributed by atoms with E-state index in [0.717, 1.165) is 0 Å². The second-order valence-corrected chi connectivity index (χ2v) is 4.57. The fourth-order valence-electron chi connectivity index (χ4n) is 1.68. The van der Waals surface area contributed by atoms with Gasteiger partial charge in [0.15, 0.2) is 0 Å². The van der Waals surface area contributed by atoms with Crippen LogP contribution >= 0.6 is 11.3 Å². The van der Waals surface area contributed by atoms with Gasteiger partial charge in [-0.15, -0.1) is 11.3 Å². The Morgan fingerprint density at radius 2 is 2.50 bits per heavy atom. The molecule has 1 aliphatic heterocycles. The zero-order valence-corrected chi connectivity index (χ0v) is 8.16. The Kier molecular flexibility index (Phi) is 2.15. The summed E-state index contributed by atoms with van der Waals surface area (Å²) in [5.41, 5.74) is 2.47. The van der Waals surface area contributed by atoms with Crippen molar-refractivity contribution in [2.75, 3.05) is 13.1 Å². The first kappa shape index (κ1) is 8.20. The zero-order valence-electron chi connectivity index (χ0n) is 7.34. The van der Waals surface area contributed by atoms with Gasteiger partial charge in [0.05, 0.1) is 5.51 Å². The molecule has 2 rings (SSSR count). The first-order chi connectivity index (χ1) is 5.85. The molecular weight excluding hydrogens is 168 g/mol. The fourth-order valence-corrected chi connectivity index (χ4v) is 2.45. The summed E-state index contributed by atoms with van der Waals surface area (Å²) in [6.45, 7) is 4.64. The molecule has 1 saturated heterocycles. The number of thiazole rings is 1. The number of hydrogen-bond acceptors (Lipinski definition) is 3. The van der Waals surface area contributed by atoms with Crippen LogP contribution in [0.1, 0.15) is 18.2 Å². The lowest BCUT2D eigenvalue weighted by Crippen LogP contribution is -2.54. The Labute approximate surface area is 77.0 Å². The Morgan fingerprint density at radius 3 is 2.92 bits per heavy atom. The summed E-state index contributed by atoms with van der Waals surface area (Å²) >= 11 is 1.78. The summed E-state index contributed by atoms with van der Waals surface area (Å²) in [5, 5.41) is 3.35. The van der Waals surface area contributed by atoms with Crippen molar-refractivity contribution in [3.63, 3.8) is 0 Å². The second kappa shape index (κ2) is 3.15. The van der Waals surface area contributed by atoms with E-state index in [1.54, 1.807) is 11.3 Å². The third kappa shape index (κ3) is 1.39. The van der Waals surface area contributed by atoms with E-state index in [2.05, 4.69) is 17.2 Å². The topological polar surface area (TPSA) is 24.9 Å². The lowest BCUT2D eigenvalue weighted by molar-refractivity contribution is 0.161. The number of rotatable bonds is 3. The molecule has 0 radical (unpaired) electrons. The van der Waals surface area contributed by atoms with Gasteiger partial charge in [0.25, 0.3) is 0 Å². The van der Waals surface area contributed by atoms with Gasteiger partial charge in [-0.3, -0.25) is 4.98 Å². The van der Waals surface area contributed by atoms with E-state index in [9.17, 15) is 0 Å². The third-order valence-electron chi connectivity index (χ3n) is 2.78. The normalized spacial score (nSPS) is 20.4. The van der Waals surface area contributed by atoms with E-state index in [1.807, 2.05) is 11.7 Å². The molecule has 3 heteroatoms. The second-order valence-electron chi connectivity index (χ2n) is 3.60. The van der Waals surface area contributed by atoms with Gasteiger partial charge in [-0.25, -0.2) is 0 Å². The smallest absolute Gasteiger partial charge is 0.0794 e. The molecule has 0 saturated carbocycles. The van der Waals surface area contributed by atoms with Crippen molar-refractivity contribution in [1.29, 1.82) is 0 Å². The van der Waals surface area contributed by atoms with E-state index in [0.29, 0.717) is 5.41 Å². The number of nitrogens with one attached hydrogen (secondary N) is 1. The highest BCUT2D eigenvalue weighted by Crippen LogP contribution is 2.31. The molecular formula is C9H14N2S. The van der Waals surface area contributed by atoms with Crippen LogP contribution in [0.15, 0.2) is 11.7 Å². The van der Waals surface area contributed by atoms with Crippen molar-refractivity contribution in [3.8, 4) is 0 Å². The van der Waals surface area contributed by atoms with E-state index in [4.69, 9.17) is 0 Å². The molecule has 1 fully saturated rings. The zero-order chi connectivity index (χ0) is 8.44. The highest BCUT2D eigenvalue weighted by Gasteiger charge is 2.35. The standard InChI is InChI=1S/C9H14N2S/c1-2-9(5-11-6-9)3-8-4-10-7-12-8/h4,7,11H,2-3,5-6H2,1H3. The van der Waals surface area contributed by atoms with Gasteiger partial charge in [-0.1, -0.05) is 6.92 Å². The molecule has 0 aromatic carbocycles. The summed E-state index contributed by atoms with van der Waals surface area (Å²) in [7, 11) is 0. The van der Waals surface area contributed by atoms with E-state index < -0.39 is 0 Å². The molecule has 2 heterocycles. The average Bonchev–Trinajstić information content (AvgIpc) is 2.49. The van der Waals surface area contributed by atoms with Crippen molar-refractivity contribution in [1.82, 2.24) is 10.3 Å². The molecule has 0 atom stereocenters. The first-order valence-corrected chi connectivity index (χ1v) is 5.31. The number of aromatic nitrogens is 1. The van der Waals surface area contributed by atoms with Gasteiger partial charge in [0.2, 0.25) is 0 Å². The molecule has 0 amide bonds. The molecule has 1 aromatic heterocycles. The van der Waals surface area contributed by atoms with Gasteiger partial charge < -0.3 is 5.32 Å². The Balaban J connectivity index is 2.01. The fraction of sp³-hybridized carbons (Fsp3) is 0.667. The van der Waals surface area contributed by atoms with Gasteiger partial charge in [-0.05, 0) is 18.3 Å². The van der Waals surface area contributed by atoms with Crippen molar-refractivity contribution < 1.29 is 0 Å². The van der Waals surface area contributed by atoms with Crippen molar-refractivity contribution >= 4 is 11.3 Å². The third-order valence-corrected chi connectivity index (χ3v) is 3.56. The van der Waals surface area contributed by atoms with Crippen LogP contribution in [0, 0.1) is 5.41 Å². The number of nitrogens with zero attached hydrogens (tertiary/aromatic N) is 1. The Bertz CT molecular complexity index is 234. The summed E-state index contributed by atoms with van der Waals surface area (Å²) in [4.78, 5) is 5.53. The van der Waals surface area contributed by atoms with E-state index in [1.165, 1.54) is 30.8 Å². The van der Waals surface area contributed by atoms with Gasteiger partial charge in [-0.2, -0.15) is 0 Å². The van der Waals surface area contributed by atoms with Crippen molar-refractivity contribution in [2.45, 2.75) is 19.8 Å². The summed E-state index contributed by atoms with van der Waals surface area (Å²) < 4.78 is 0. The highest BCUT2D eigenvalue weighted by atomic mass is 32.1. The molecule has 66 valence electrons. The van der Waals surface area contributed by atoms with Crippen LogP contribution in [-0.2, 0) is 6.42 Å².